The Morgan fingerprint density at radius 2 is 2.20 bits per heavy atom. The maximum Gasteiger partial charge on any atom is 0.138 e. The third-order valence-electron chi connectivity index (χ3n) is 3.79. The van der Waals surface area contributed by atoms with Gasteiger partial charge in [-0.25, -0.2) is 0 Å². The summed E-state index contributed by atoms with van der Waals surface area (Å²) in [6.45, 7) is 5.11. The Bertz CT molecular complexity index is 523. The smallest absolute Gasteiger partial charge is 0.138 e. The minimum absolute atomic E-state index is 0.198. The molecule has 108 valence electrons. The summed E-state index contributed by atoms with van der Waals surface area (Å²) in [6.07, 6.45) is 1.83. The van der Waals surface area contributed by atoms with E-state index in [4.69, 9.17) is 14.2 Å². The minimum atomic E-state index is -0.206. The second-order valence-electron chi connectivity index (χ2n) is 5.42. The molecule has 0 spiro atoms. The second kappa shape index (κ2) is 5.44. The van der Waals surface area contributed by atoms with E-state index in [2.05, 4.69) is 6.92 Å². The molecular weight excluding hydrogens is 256 g/mol. The molecule has 1 aromatic rings. The molecule has 4 heteroatoms. The van der Waals surface area contributed by atoms with E-state index >= 15 is 0 Å². The van der Waals surface area contributed by atoms with E-state index in [0.717, 1.165) is 23.5 Å². The lowest BCUT2D eigenvalue weighted by Gasteiger charge is -2.24. The standard InChI is InChI=1S/C16H20O4/c1-3-18-15-7-11-6-10(2)20-14(11)9-13(15)16-8-12(17)4-5-19-16/h7,9-10,16H,3-6,8H2,1-2H3. The molecule has 2 heterocycles. The fraction of sp³-hybridized carbons (Fsp3) is 0.562. The van der Waals surface area contributed by atoms with Gasteiger partial charge in [0.15, 0.2) is 0 Å². The van der Waals surface area contributed by atoms with Gasteiger partial charge in [0.25, 0.3) is 0 Å². The Hall–Kier alpha value is -1.55. The fourth-order valence-electron chi connectivity index (χ4n) is 2.87. The first kappa shape index (κ1) is 13.4. The molecule has 1 fully saturated rings. The molecule has 2 atom stereocenters. The molecule has 0 N–H and O–H groups in total. The predicted octanol–water partition coefficient (Wildman–Crippen LogP) is 2.83. The third kappa shape index (κ3) is 2.52. The van der Waals surface area contributed by atoms with Gasteiger partial charge in [-0.1, -0.05) is 0 Å². The van der Waals surface area contributed by atoms with Crippen LogP contribution in [0.4, 0.5) is 0 Å². The van der Waals surface area contributed by atoms with Crippen molar-refractivity contribution in [3.05, 3.63) is 23.3 Å². The normalized spacial score (nSPS) is 25.2. The lowest BCUT2D eigenvalue weighted by atomic mass is 9.97. The molecule has 2 aliphatic rings. The summed E-state index contributed by atoms with van der Waals surface area (Å²) >= 11 is 0. The van der Waals surface area contributed by atoms with Crippen molar-refractivity contribution in [2.45, 2.75) is 45.3 Å². The predicted molar refractivity (Wildman–Crippen MR) is 74.3 cm³/mol. The molecule has 1 aromatic carbocycles. The first-order valence-corrected chi connectivity index (χ1v) is 7.27. The van der Waals surface area contributed by atoms with Crippen LogP contribution in [0.15, 0.2) is 12.1 Å². The van der Waals surface area contributed by atoms with Crippen molar-refractivity contribution in [3.63, 3.8) is 0 Å². The van der Waals surface area contributed by atoms with E-state index in [1.54, 1.807) is 0 Å². The Morgan fingerprint density at radius 1 is 1.35 bits per heavy atom. The van der Waals surface area contributed by atoms with Crippen LogP contribution in [0, 0.1) is 0 Å². The quantitative estimate of drug-likeness (QED) is 0.851. The van der Waals surface area contributed by atoms with Crippen LogP contribution in [-0.2, 0) is 16.0 Å². The van der Waals surface area contributed by atoms with Crippen molar-refractivity contribution < 1.29 is 19.0 Å². The number of hydrogen-bond donors (Lipinski definition) is 0. The van der Waals surface area contributed by atoms with E-state index in [0.29, 0.717) is 26.1 Å². The largest absolute Gasteiger partial charge is 0.493 e. The number of rotatable bonds is 3. The SMILES string of the molecule is CCOc1cc2c(cc1C1CC(=O)CCO1)OC(C)C2. The highest BCUT2D eigenvalue weighted by molar-refractivity contribution is 5.80. The van der Waals surface area contributed by atoms with E-state index in [1.807, 2.05) is 19.1 Å². The zero-order valence-corrected chi connectivity index (χ0v) is 12.0. The summed E-state index contributed by atoms with van der Waals surface area (Å²) < 4.78 is 17.3. The molecule has 1 saturated heterocycles. The van der Waals surface area contributed by atoms with E-state index < -0.39 is 0 Å². The molecule has 2 aliphatic heterocycles. The topological polar surface area (TPSA) is 44.8 Å². The average Bonchev–Trinajstić information content (AvgIpc) is 2.77. The Kier molecular flexibility index (Phi) is 3.66. The van der Waals surface area contributed by atoms with Gasteiger partial charge in [0.05, 0.1) is 19.3 Å². The van der Waals surface area contributed by atoms with Gasteiger partial charge in [0.2, 0.25) is 0 Å². The Balaban J connectivity index is 1.95. The number of hydrogen-bond acceptors (Lipinski definition) is 4. The van der Waals surface area contributed by atoms with Crippen LogP contribution in [-0.4, -0.2) is 25.1 Å². The molecule has 0 bridgehead atoms. The first-order valence-electron chi connectivity index (χ1n) is 7.27. The summed E-state index contributed by atoms with van der Waals surface area (Å²) in [4.78, 5) is 11.6. The van der Waals surface area contributed by atoms with Gasteiger partial charge in [0.1, 0.15) is 23.4 Å². The number of Topliss-reactive ketones (excluding diaryl/α,β-unsaturated/α-hetero) is 1. The first-order chi connectivity index (χ1) is 9.67. The van der Waals surface area contributed by atoms with Crippen molar-refractivity contribution in [1.29, 1.82) is 0 Å². The summed E-state index contributed by atoms with van der Waals surface area (Å²) in [5.41, 5.74) is 2.11. The molecule has 20 heavy (non-hydrogen) atoms. The Morgan fingerprint density at radius 3 is 2.95 bits per heavy atom. The molecule has 3 rings (SSSR count). The molecule has 0 aromatic heterocycles. The second-order valence-corrected chi connectivity index (χ2v) is 5.42. The number of carbonyl (C=O) groups excluding carboxylic acids is 1. The van der Waals surface area contributed by atoms with E-state index in [-0.39, 0.29) is 18.0 Å². The zero-order chi connectivity index (χ0) is 14.1. The van der Waals surface area contributed by atoms with Crippen LogP contribution in [0.1, 0.15) is 43.9 Å². The van der Waals surface area contributed by atoms with Crippen molar-refractivity contribution in [2.75, 3.05) is 13.2 Å². The summed E-state index contributed by atoms with van der Waals surface area (Å²) in [6, 6.07) is 4.03. The summed E-state index contributed by atoms with van der Waals surface area (Å²) in [7, 11) is 0. The van der Waals surface area contributed by atoms with Gasteiger partial charge >= 0.3 is 0 Å². The highest BCUT2D eigenvalue weighted by Crippen LogP contribution is 2.40. The van der Waals surface area contributed by atoms with Gasteiger partial charge in [-0.2, -0.15) is 0 Å². The molecule has 0 amide bonds. The number of benzene rings is 1. The summed E-state index contributed by atoms with van der Waals surface area (Å²) in [5.74, 6) is 1.97. The average molecular weight is 276 g/mol. The zero-order valence-electron chi connectivity index (χ0n) is 12.0. The van der Waals surface area contributed by atoms with Crippen molar-refractivity contribution >= 4 is 5.78 Å². The van der Waals surface area contributed by atoms with Crippen LogP contribution in [0.2, 0.25) is 0 Å². The number of ketones is 1. The highest BCUT2D eigenvalue weighted by Gasteiger charge is 2.28. The van der Waals surface area contributed by atoms with Crippen LogP contribution in [0.5, 0.6) is 11.5 Å². The fourth-order valence-corrected chi connectivity index (χ4v) is 2.87. The molecular formula is C16H20O4. The monoisotopic (exact) mass is 276 g/mol. The maximum atomic E-state index is 11.6. The lowest BCUT2D eigenvalue weighted by molar-refractivity contribution is -0.128. The van der Waals surface area contributed by atoms with Crippen LogP contribution < -0.4 is 9.47 Å². The van der Waals surface area contributed by atoms with Gasteiger partial charge in [-0.15, -0.1) is 0 Å². The Labute approximate surface area is 119 Å². The van der Waals surface area contributed by atoms with E-state index in [1.165, 1.54) is 5.56 Å². The van der Waals surface area contributed by atoms with Crippen LogP contribution in [0.3, 0.4) is 0 Å². The third-order valence-corrected chi connectivity index (χ3v) is 3.79. The van der Waals surface area contributed by atoms with Crippen molar-refractivity contribution in [2.24, 2.45) is 0 Å². The van der Waals surface area contributed by atoms with Gasteiger partial charge in [-0.3, -0.25) is 4.79 Å². The van der Waals surface area contributed by atoms with Gasteiger partial charge < -0.3 is 14.2 Å². The summed E-state index contributed by atoms with van der Waals surface area (Å²) in [5, 5.41) is 0. The van der Waals surface area contributed by atoms with Gasteiger partial charge in [0, 0.05) is 30.4 Å². The highest BCUT2D eigenvalue weighted by atomic mass is 16.5. The molecule has 2 unspecified atom stereocenters. The van der Waals surface area contributed by atoms with Crippen LogP contribution in [0.25, 0.3) is 0 Å². The number of ether oxygens (including phenoxy) is 3. The number of carbonyl (C=O) groups is 1. The van der Waals surface area contributed by atoms with Gasteiger partial charge in [-0.05, 0) is 26.0 Å². The number of fused-ring (bicyclic) bond motifs is 1. The molecule has 0 aliphatic carbocycles. The van der Waals surface area contributed by atoms with Crippen molar-refractivity contribution in [3.8, 4) is 11.5 Å². The van der Waals surface area contributed by atoms with Crippen molar-refractivity contribution in [1.82, 2.24) is 0 Å². The lowest BCUT2D eigenvalue weighted by Crippen LogP contribution is -2.20. The minimum Gasteiger partial charge on any atom is -0.493 e. The van der Waals surface area contributed by atoms with Crippen LogP contribution >= 0.6 is 0 Å². The molecule has 4 nitrogen and oxygen atoms in total. The molecule has 0 saturated carbocycles. The van der Waals surface area contributed by atoms with E-state index in [9.17, 15) is 4.79 Å². The maximum absolute atomic E-state index is 11.6. The molecule has 0 radical (unpaired) electrons.